The van der Waals surface area contributed by atoms with E-state index >= 15 is 0 Å². The molecule has 2 rings (SSSR count). The average molecular weight is 325 g/mol. The molecule has 2 aromatic carbocycles. The second kappa shape index (κ2) is 11.6. The molecular formula is C22H29O2. The first-order chi connectivity index (χ1) is 11.9. The second-order valence-corrected chi connectivity index (χ2v) is 6.09. The van der Waals surface area contributed by atoms with Crippen LogP contribution in [0.25, 0.3) is 0 Å². The third-order valence-corrected chi connectivity index (χ3v) is 3.97. The molecule has 0 spiro atoms. The maximum Gasteiger partial charge on any atom is 0.135 e. The van der Waals surface area contributed by atoms with E-state index in [0.717, 1.165) is 17.9 Å². The number of unbranched alkanes of at least 4 members (excludes halogenated alkanes) is 6. The number of hydrogen-bond acceptors (Lipinski definition) is 2. The Morgan fingerprint density at radius 3 is 2.17 bits per heavy atom. The van der Waals surface area contributed by atoms with Gasteiger partial charge in [-0.05, 0) is 42.7 Å². The van der Waals surface area contributed by atoms with Gasteiger partial charge in [0.05, 0.1) is 0 Å². The van der Waals surface area contributed by atoms with E-state index < -0.39 is 0 Å². The van der Waals surface area contributed by atoms with E-state index in [1.165, 1.54) is 44.1 Å². The molecule has 1 radical (unpaired) electrons. The molecule has 2 nitrogen and oxygen atoms in total. The quantitative estimate of drug-likeness (QED) is 0.412. The topological polar surface area (TPSA) is 18.5 Å². The lowest BCUT2D eigenvalue weighted by Crippen LogP contribution is -1.95. The Morgan fingerprint density at radius 2 is 1.42 bits per heavy atom. The minimum absolute atomic E-state index is 0.588. The smallest absolute Gasteiger partial charge is 0.135 e. The summed E-state index contributed by atoms with van der Waals surface area (Å²) >= 11 is 0. The van der Waals surface area contributed by atoms with Gasteiger partial charge in [0.2, 0.25) is 0 Å². The van der Waals surface area contributed by atoms with Crippen molar-refractivity contribution < 1.29 is 9.47 Å². The SMILES string of the molecule is CCCCCCCC[CH]Oc1ccc(OCc2ccccc2)cc1. The van der Waals surface area contributed by atoms with E-state index in [4.69, 9.17) is 9.47 Å². The lowest BCUT2D eigenvalue weighted by atomic mass is 10.1. The number of hydrogen-bond donors (Lipinski definition) is 0. The van der Waals surface area contributed by atoms with Crippen LogP contribution in [-0.4, -0.2) is 0 Å². The molecule has 129 valence electrons. The summed E-state index contributed by atoms with van der Waals surface area (Å²) in [5.74, 6) is 1.73. The first kappa shape index (κ1) is 18.4. The monoisotopic (exact) mass is 325 g/mol. The van der Waals surface area contributed by atoms with Gasteiger partial charge in [-0.2, -0.15) is 0 Å². The van der Waals surface area contributed by atoms with Gasteiger partial charge in [0.25, 0.3) is 0 Å². The van der Waals surface area contributed by atoms with Gasteiger partial charge in [-0.1, -0.05) is 69.4 Å². The molecule has 0 saturated carbocycles. The highest BCUT2D eigenvalue weighted by Gasteiger charge is 1.98. The minimum atomic E-state index is 0.588. The standard InChI is InChI=1S/C22H29O2/c1-2-3-4-5-6-7-11-18-23-21-14-16-22(17-15-21)24-19-20-12-9-8-10-13-20/h8-10,12-18H,2-7,11,19H2,1H3. The molecule has 0 unspecified atom stereocenters. The van der Waals surface area contributed by atoms with Crippen LogP contribution in [0.5, 0.6) is 11.5 Å². The zero-order chi connectivity index (χ0) is 16.9. The van der Waals surface area contributed by atoms with E-state index in [9.17, 15) is 0 Å². The van der Waals surface area contributed by atoms with Crippen LogP contribution in [0.4, 0.5) is 0 Å². The molecule has 0 saturated heterocycles. The zero-order valence-electron chi connectivity index (χ0n) is 14.7. The first-order valence-corrected chi connectivity index (χ1v) is 9.13. The van der Waals surface area contributed by atoms with Crippen molar-refractivity contribution in [2.45, 2.75) is 58.5 Å². The number of benzene rings is 2. The maximum atomic E-state index is 5.77. The predicted octanol–water partition coefficient (Wildman–Crippen LogP) is 6.56. The third kappa shape index (κ3) is 7.54. The van der Waals surface area contributed by atoms with Crippen LogP contribution < -0.4 is 9.47 Å². The summed E-state index contributed by atoms with van der Waals surface area (Å²) in [5, 5.41) is 0. The van der Waals surface area contributed by atoms with Crippen molar-refractivity contribution >= 4 is 0 Å². The molecule has 0 amide bonds. The number of ether oxygens (including phenoxy) is 2. The first-order valence-electron chi connectivity index (χ1n) is 9.13. The Hall–Kier alpha value is -1.96. The molecule has 0 aromatic heterocycles. The largest absolute Gasteiger partial charge is 0.489 e. The van der Waals surface area contributed by atoms with Gasteiger partial charge in [0.15, 0.2) is 0 Å². The van der Waals surface area contributed by atoms with Crippen molar-refractivity contribution in [2.75, 3.05) is 0 Å². The van der Waals surface area contributed by atoms with Crippen LogP contribution in [-0.2, 0) is 6.61 Å². The lowest BCUT2D eigenvalue weighted by molar-refractivity contribution is 0.305. The van der Waals surface area contributed by atoms with Gasteiger partial charge in [-0.15, -0.1) is 0 Å². The molecular weight excluding hydrogens is 296 g/mol. The van der Waals surface area contributed by atoms with Crippen molar-refractivity contribution in [3.05, 3.63) is 66.8 Å². The van der Waals surface area contributed by atoms with Crippen LogP contribution in [0.1, 0.15) is 57.4 Å². The van der Waals surface area contributed by atoms with Crippen molar-refractivity contribution in [2.24, 2.45) is 0 Å². The second-order valence-electron chi connectivity index (χ2n) is 6.09. The van der Waals surface area contributed by atoms with Crippen molar-refractivity contribution in [1.29, 1.82) is 0 Å². The highest BCUT2D eigenvalue weighted by atomic mass is 16.5. The fraction of sp³-hybridized carbons (Fsp3) is 0.409. The Bertz CT molecular complexity index is 534. The summed E-state index contributed by atoms with van der Waals surface area (Å²) in [6.07, 6.45) is 8.89. The van der Waals surface area contributed by atoms with E-state index in [1.54, 1.807) is 0 Å². The van der Waals surface area contributed by atoms with Gasteiger partial charge in [-0.25, -0.2) is 0 Å². The highest BCUT2D eigenvalue weighted by Crippen LogP contribution is 2.20. The summed E-state index contributed by atoms with van der Waals surface area (Å²) in [4.78, 5) is 0. The molecule has 24 heavy (non-hydrogen) atoms. The highest BCUT2D eigenvalue weighted by molar-refractivity contribution is 5.31. The van der Waals surface area contributed by atoms with Crippen LogP contribution in [0.15, 0.2) is 54.6 Å². The molecule has 0 fully saturated rings. The van der Waals surface area contributed by atoms with E-state index in [2.05, 4.69) is 19.1 Å². The fourth-order valence-corrected chi connectivity index (χ4v) is 2.52. The Kier molecular flexibility index (Phi) is 8.85. The third-order valence-electron chi connectivity index (χ3n) is 3.97. The Balaban J connectivity index is 1.58. The van der Waals surface area contributed by atoms with Crippen molar-refractivity contribution in [1.82, 2.24) is 0 Å². The van der Waals surface area contributed by atoms with Gasteiger partial charge < -0.3 is 9.47 Å². The molecule has 0 atom stereocenters. The zero-order valence-corrected chi connectivity index (χ0v) is 14.7. The molecule has 0 bridgehead atoms. The predicted molar refractivity (Wildman–Crippen MR) is 100 cm³/mol. The van der Waals surface area contributed by atoms with Crippen molar-refractivity contribution in [3.8, 4) is 11.5 Å². The molecule has 2 aromatic rings. The summed E-state index contributed by atoms with van der Waals surface area (Å²) in [7, 11) is 0. The fourth-order valence-electron chi connectivity index (χ4n) is 2.52. The Labute approximate surface area is 146 Å². The molecule has 0 aliphatic carbocycles. The summed E-state index contributed by atoms with van der Waals surface area (Å²) < 4.78 is 11.4. The van der Waals surface area contributed by atoms with Crippen molar-refractivity contribution in [3.63, 3.8) is 0 Å². The van der Waals surface area contributed by atoms with E-state index in [-0.39, 0.29) is 0 Å². The molecule has 2 heteroatoms. The van der Waals surface area contributed by atoms with Crippen LogP contribution in [0.3, 0.4) is 0 Å². The van der Waals surface area contributed by atoms with E-state index in [1.807, 2.05) is 49.1 Å². The number of rotatable bonds is 12. The summed E-state index contributed by atoms with van der Waals surface area (Å²) in [5.41, 5.74) is 1.17. The maximum absolute atomic E-state index is 5.77. The summed E-state index contributed by atoms with van der Waals surface area (Å²) in [6, 6.07) is 18.0. The molecule has 0 aliphatic rings. The van der Waals surface area contributed by atoms with Gasteiger partial charge in [0.1, 0.15) is 24.7 Å². The van der Waals surface area contributed by atoms with Crippen LogP contribution in [0, 0.1) is 6.61 Å². The van der Waals surface area contributed by atoms with Gasteiger partial charge in [-0.3, -0.25) is 0 Å². The lowest BCUT2D eigenvalue weighted by Gasteiger charge is -2.08. The molecule has 0 aliphatic heterocycles. The minimum Gasteiger partial charge on any atom is -0.489 e. The van der Waals surface area contributed by atoms with Crippen LogP contribution >= 0.6 is 0 Å². The van der Waals surface area contributed by atoms with Gasteiger partial charge in [0, 0.05) is 0 Å². The Morgan fingerprint density at radius 1 is 0.750 bits per heavy atom. The molecule has 0 N–H and O–H groups in total. The average Bonchev–Trinajstić information content (AvgIpc) is 2.64. The van der Waals surface area contributed by atoms with Crippen LogP contribution in [0.2, 0.25) is 0 Å². The van der Waals surface area contributed by atoms with Gasteiger partial charge >= 0.3 is 0 Å². The summed E-state index contributed by atoms with van der Waals surface area (Å²) in [6.45, 7) is 4.75. The molecule has 0 heterocycles. The van der Waals surface area contributed by atoms with E-state index in [0.29, 0.717) is 6.61 Å². The normalized spacial score (nSPS) is 10.5.